The molecule has 1 atom stereocenters. The topological polar surface area (TPSA) is 12.0 Å². The molecule has 0 aromatic rings. The maximum atomic E-state index is 3.37. The molecular weight excluding hydrogens is 166 g/mol. The van der Waals surface area contributed by atoms with Crippen LogP contribution in [0, 0.1) is 5.92 Å². The predicted molar refractivity (Wildman–Crippen MR) is 59.9 cm³/mol. The summed E-state index contributed by atoms with van der Waals surface area (Å²) in [4.78, 5) is 0. The van der Waals surface area contributed by atoms with Crippen LogP contribution in [0.4, 0.5) is 0 Å². The lowest BCUT2D eigenvalue weighted by Crippen LogP contribution is -2.30. The zero-order valence-electron chi connectivity index (χ0n) is 8.89. The average Bonchev–Trinajstić information content (AvgIpc) is 2.04. The molecule has 0 amide bonds. The summed E-state index contributed by atoms with van der Waals surface area (Å²) in [6.45, 7) is 4.57. The monoisotopic (exact) mass is 189 g/mol. The molecule has 12 heavy (non-hydrogen) atoms. The van der Waals surface area contributed by atoms with Crippen LogP contribution >= 0.6 is 11.8 Å². The fourth-order valence-corrected chi connectivity index (χ4v) is 1.91. The van der Waals surface area contributed by atoms with E-state index in [1.807, 2.05) is 11.8 Å². The third-order valence-corrected chi connectivity index (χ3v) is 2.99. The van der Waals surface area contributed by atoms with Crippen molar-refractivity contribution < 1.29 is 0 Å². The number of rotatable bonds is 7. The fourth-order valence-electron chi connectivity index (χ4n) is 1.42. The molecule has 0 aromatic carbocycles. The molecular formula is C10H23NS. The minimum absolute atomic E-state index is 0.715. The van der Waals surface area contributed by atoms with Crippen molar-refractivity contribution in [2.75, 3.05) is 19.1 Å². The largest absolute Gasteiger partial charge is 0.317 e. The van der Waals surface area contributed by atoms with E-state index in [2.05, 4.69) is 32.5 Å². The molecule has 1 N–H and O–H groups in total. The Morgan fingerprint density at radius 3 is 2.33 bits per heavy atom. The van der Waals surface area contributed by atoms with Gasteiger partial charge in [0.15, 0.2) is 0 Å². The highest BCUT2D eigenvalue weighted by Gasteiger charge is 2.09. The third-order valence-electron chi connectivity index (χ3n) is 2.29. The van der Waals surface area contributed by atoms with E-state index in [0.717, 1.165) is 5.92 Å². The van der Waals surface area contributed by atoms with E-state index in [1.54, 1.807) is 0 Å². The molecule has 1 unspecified atom stereocenters. The van der Waals surface area contributed by atoms with Crippen LogP contribution in [-0.2, 0) is 0 Å². The van der Waals surface area contributed by atoms with Crippen LogP contribution in [0.1, 0.15) is 33.1 Å². The van der Waals surface area contributed by atoms with Gasteiger partial charge in [0.2, 0.25) is 0 Å². The molecule has 0 radical (unpaired) electrons. The van der Waals surface area contributed by atoms with Gasteiger partial charge in [0.1, 0.15) is 0 Å². The summed E-state index contributed by atoms with van der Waals surface area (Å²) in [6, 6.07) is 0.715. The van der Waals surface area contributed by atoms with Crippen LogP contribution in [0.15, 0.2) is 0 Å². The molecule has 0 aromatic heterocycles. The first-order valence-electron chi connectivity index (χ1n) is 4.88. The molecule has 1 nitrogen and oxygen atoms in total. The van der Waals surface area contributed by atoms with Gasteiger partial charge in [-0.25, -0.2) is 0 Å². The Morgan fingerprint density at radius 1 is 1.25 bits per heavy atom. The molecule has 74 valence electrons. The van der Waals surface area contributed by atoms with Crippen molar-refractivity contribution in [3.8, 4) is 0 Å². The van der Waals surface area contributed by atoms with Gasteiger partial charge < -0.3 is 5.32 Å². The van der Waals surface area contributed by atoms with Crippen molar-refractivity contribution >= 4 is 11.8 Å². The zero-order chi connectivity index (χ0) is 9.40. The van der Waals surface area contributed by atoms with Gasteiger partial charge in [-0.05, 0) is 37.8 Å². The second kappa shape index (κ2) is 7.93. The van der Waals surface area contributed by atoms with Gasteiger partial charge in [0.25, 0.3) is 0 Å². The number of hydrogen-bond acceptors (Lipinski definition) is 2. The van der Waals surface area contributed by atoms with E-state index >= 15 is 0 Å². The lowest BCUT2D eigenvalue weighted by Gasteiger charge is -2.19. The van der Waals surface area contributed by atoms with E-state index in [4.69, 9.17) is 0 Å². The van der Waals surface area contributed by atoms with Crippen LogP contribution in [0.2, 0.25) is 0 Å². The lowest BCUT2D eigenvalue weighted by molar-refractivity contribution is 0.392. The van der Waals surface area contributed by atoms with E-state index in [1.165, 1.54) is 25.0 Å². The molecule has 0 saturated heterocycles. The highest BCUT2D eigenvalue weighted by molar-refractivity contribution is 7.98. The van der Waals surface area contributed by atoms with Crippen LogP contribution in [0.3, 0.4) is 0 Å². The molecule has 0 aliphatic heterocycles. The van der Waals surface area contributed by atoms with Crippen molar-refractivity contribution in [3.63, 3.8) is 0 Å². The minimum Gasteiger partial charge on any atom is -0.317 e. The van der Waals surface area contributed by atoms with Gasteiger partial charge in [-0.2, -0.15) is 11.8 Å². The summed E-state index contributed by atoms with van der Waals surface area (Å²) in [5, 5.41) is 3.37. The van der Waals surface area contributed by atoms with Crippen molar-refractivity contribution in [2.45, 2.75) is 39.2 Å². The van der Waals surface area contributed by atoms with Crippen LogP contribution in [0.25, 0.3) is 0 Å². The molecule has 0 bridgehead atoms. The standard InChI is InChI=1S/C10H23NS/c1-9(2)10(11-3)7-5-6-8-12-4/h9-11H,5-8H2,1-4H3. The predicted octanol–water partition coefficient (Wildman–Crippen LogP) is 2.76. The molecule has 0 rings (SSSR count). The third kappa shape index (κ3) is 5.90. The maximum Gasteiger partial charge on any atom is 0.00870 e. The Morgan fingerprint density at radius 2 is 1.92 bits per heavy atom. The Labute approximate surface area is 81.7 Å². The fraction of sp³-hybridized carbons (Fsp3) is 1.00. The second-order valence-electron chi connectivity index (χ2n) is 3.63. The van der Waals surface area contributed by atoms with Crippen molar-refractivity contribution in [1.29, 1.82) is 0 Å². The van der Waals surface area contributed by atoms with Crippen molar-refractivity contribution in [1.82, 2.24) is 5.32 Å². The molecule has 0 aliphatic rings. The van der Waals surface area contributed by atoms with Gasteiger partial charge in [0.05, 0.1) is 0 Å². The van der Waals surface area contributed by atoms with E-state index in [-0.39, 0.29) is 0 Å². The highest BCUT2D eigenvalue weighted by Crippen LogP contribution is 2.10. The summed E-state index contributed by atoms with van der Waals surface area (Å²) in [6.07, 6.45) is 6.24. The summed E-state index contributed by atoms with van der Waals surface area (Å²) in [5.41, 5.74) is 0. The molecule has 0 aliphatic carbocycles. The normalized spacial score (nSPS) is 13.8. The summed E-state index contributed by atoms with van der Waals surface area (Å²) >= 11 is 1.95. The molecule has 0 heterocycles. The summed E-state index contributed by atoms with van der Waals surface area (Å²) in [5.74, 6) is 2.08. The van der Waals surface area contributed by atoms with Crippen LogP contribution in [0.5, 0.6) is 0 Å². The second-order valence-corrected chi connectivity index (χ2v) is 4.61. The Kier molecular flexibility index (Phi) is 8.14. The lowest BCUT2D eigenvalue weighted by atomic mass is 9.99. The first kappa shape index (κ1) is 12.3. The van der Waals surface area contributed by atoms with Gasteiger partial charge in [0, 0.05) is 6.04 Å². The quantitative estimate of drug-likeness (QED) is 0.618. The molecule has 2 heteroatoms. The zero-order valence-corrected chi connectivity index (χ0v) is 9.71. The Hall–Kier alpha value is 0.310. The van der Waals surface area contributed by atoms with Crippen molar-refractivity contribution in [2.24, 2.45) is 5.92 Å². The van der Waals surface area contributed by atoms with E-state index in [0.29, 0.717) is 6.04 Å². The molecule has 0 saturated carbocycles. The molecule has 0 spiro atoms. The van der Waals surface area contributed by atoms with Gasteiger partial charge in [-0.3, -0.25) is 0 Å². The Balaban J connectivity index is 3.32. The maximum absolute atomic E-state index is 3.37. The van der Waals surface area contributed by atoms with Crippen LogP contribution < -0.4 is 5.32 Å². The number of nitrogens with one attached hydrogen (secondary N) is 1. The van der Waals surface area contributed by atoms with Crippen LogP contribution in [-0.4, -0.2) is 25.1 Å². The molecule has 0 fully saturated rings. The van der Waals surface area contributed by atoms with Crippen molar-refractivity contribution in [3.05, 3.63) is 0 Å². The number of unbranched alkanes of at least 4 members (excludes halogenated alkanes) is 1. The SMILES string of the molecule is CNC(CCCCSC)C(C)C. The van der Waals surface area contributed by atoms with E-state index in [9.17, 15) is 0 Å². The van der Waals surface area contributed by atoms with E-state index < -0.39 is 0 Å². The summed E-state index contributed by atoms with van der Waals surface area (Å²) in [7, 11) is 2.07. The summed E-state index contributed by atoms with van der Waals surface area (Å²) < 4.78 is 0. The first-order chi connectivity index (χ1) is 5.72. The van der Waals surface area contributed by atoms with Gasteiger partial charge >= 0.3 is 0 Å². The minimum atomic E-state index is 0.715. The number of hydrogen-bond donors (Lipinski definition) is 1. The highest BCUT2D eigenvalue weighted by atomic mass is 32.2. The smallest absolute Gasteiger partial charge is 0.00870 e. The van der Waals surface area contributed by atoms with Gasteiger partial charge in [-0.15, -0.1) is 0 Å². The first-order valence-corrected chi connectivity index (χ1v) is 6.28. The van der Waals surface area contributed by atoms with Gasteiger partial charge in [-0.1, -0.05) is 20.3 Å². The average molecular weight is 189 g/mol. The number of thioether (sulfide) groups is 1. The Bertz CT molecular complexity index is 93.8.